The van der Waals surface area contributed by atoms with Gasteiger partial charge in [0.2, 0.25) is 11.8 Å². The summed E-state index contributed by atoms with van der Waals surface area (Å²) in [7, 11) is 0. The van der Waals surface area contributed by atoms with Crippen molar-refractivity contribution in [3.05, 3.63) is 100 Å². The third kappa shape index (κ3) is 4.62. The average Bonchev–Trinajstić information content (AvgIpc) is 3.47. The van der Waals surface area contributed by atoms with Gasteiger partial charge < -0.3 is 14.2 Å². The molecule has 34 heavy (non-hydrogen) atoms. The molecule has 2 heterocycles. The molecule has 0 spiro atoms. The molecule has 0 aliphatic heterocycles. The molecule has 0 fully saturated rings. The van der Waals surface area contributed by atoms with Gasteiger partial charge in [0, 0.05) is 22.9 Å². The van der Waals surface area contributed by atoms with Crippen molar-refractivity contribution in [2.75, 3.05) is 5.32 Å². The number of carbonyl (C=O) groups is 1. The van der Waals surface area contributed by atoms with Gasteiger partial charge in [-0.25, -0.2) is 4.98 Å². The molecule has 0 bridgehead atoms. The lowest BCUT2D eigenvalue weighted by atomic mass is 10.2. The summed E-state index contributed by atoms with van der Waals surface area (Å²) in [4.78, 5) is 16.9. The molecular formula is C27H18Cl2N2O3. The summed E-state index contributed by atoms with van der Waals surface area (Å²) in [6.07, 6.45) is 2.99. The maximum Gasteiger partial charge on any atom is 0.248 e. The van der Waals surface area contributed by atoms with Crippen LogP contribution in [0.4, 0.5) is 5.69 Å². The molecule has 5 aromatic rings. The Kier molecular flexibility index (Phi) is 5.97. The van der Waals surface area contributed by atoms with Crippen LogP contribution in [0.2, 0.25) is 10.0 Å². The van der Waals surface area contributed by atoms with Crippen LogP contribution >= 0.6 is 23.2 Å². The normalized spacial score (nSPS) is 11.4. The minimum atomic E-state index is -0.288. The molecule has 3 aromatic carbocycles. The van der Waals surface area contributed by atoms with Crippen molar-refractivity contribution < 1.29 is 13.6 Å². The van der Waals surface area contributed by atoms with Crippen LogP contribution in [0.3, 0.4) is 0 Å². The smallest absolute Gasteiger partial charge is 0.248 e. The zero-order chi connectivity index (χ0) is 23.7. The van der Waals surface area contributed by atoms with E-state index >= 15 is 0 Å². The average molecular weight is 489 g/mol. The zero-order valence-corrected chi connectivity index (χ0v) is 19.5. The summed E-state index contributed by atoms with van der Waals surface area (Å²) < 4.78 is 11.6. The Bertz CT molecular complexity index is 1530. The zero-order valence-electron chi connectivity index (χ0n) is 18.0. The van der Waals surface area contributed by atoms with Gasteiger partial charge in [0.25, 0.3) is 0 Å². The minimum absolute atomic E-state index is 0.288. The molecule has 0 atom stereocenters. The molecule has 5 rings (SSSR count). The summed E-state index contributed by atoms with van der Waals surface area (Å²) in [5.74, 6) is 1.33. The quantitative estimate of drug-likeness (QED) is 0.254. The lowest BCUT2D eigenvalue weighted by Gasteiger charge is -2.03. The summed E-state index contributed by atoms with van der Waals surface area (Å²) in [5.41, 5.74) is 4.83. The monoisotopic (exact) mass is 488 g/mol. The second kappa shape index (κ2) is 9.21. The van der Waals surface area contributed by atoms with Crippen molar-refractivity contribution in [2.45, 2.75) is 6.92 Å². The number of hydrogen-bond donors (Lipinski definition) is 1. The van der Waals surface area contributed by atoms with Crippen LogP contribution in [-0.2, 0) is 4.79 Å². The SMILES string of the molecule is Cc1ccc2nc(-c3ccc(NC(=O)C=Cc4ccc(-c5cccc(Cl)c5Cl)o4)cc3)oc2c1. The number of oxazole rings is 1. The number of aromatic nitrogens is 1. The van der Waals surface area contributed by atoms with E-state index in [1.54, 1.807) is 42.5 Å². The first-order chi connectivity index (χ1) is 16.5. The fourth-order valence-electron chi connectivity index (χ4n) is 3.47. The first kappa shape index (κ1) is 22.0. The lowest BCUT2D eigenvalue weighted by molar-refractivity contribution is -0.111. The van der Waals surface area contributed by atoms with Gasteiger partial charge >= 0.3 is 0 Å². The van der Waals surface area contributed by atoms with Crippen molar-refractivity contribution in [2.24, 2.45) is 0 Å². The molecule has 7 heteroatoms. The highest BCUT2D eigenvalue weighted by molar-refractivity contribution is 6.43. The first-order valence-corrected chi connectivity index (χ1v) is 11.2. The molecule has 0 unspecified atom stereocenters. The van der Waals surface area contributed by atoms with Crippen LogP contribution in [0.25, 0.3) is 40.0 Å². The number of hydrogen-bond acceptors (Lipinski definition) is 4. The summed E-state index contributed by atoms with van der Waals surface area (Å²) in [6.45, 7) is 2.01. The fourth-order valence-corrected chi connectivity index (χ4v) is 3.87. The molecule has 168 valence electrons. The van der Waals surface area contributed by atoms with Crippen LogP contribution in [0, 0.1) is 6.92 Å². The maximum absolute atomic E-state index is 12.4. The van der Waals surface area contributed by atoms with E-state index < -0.39 is 0 Å². The first-order valence-electron chi connectivity index (χ1n) is 10.5. The van der Waals surface area contributed by atoms with Gasteiger partial charge in [-0.15, -0.1) is 0 Å². The number of fused-ring (bicyclic) bond motifs is 1. The Hall–Kier alpha value is -3.80. The third-order valence-electron chi connectivity index (χ3n) is 5.19. The van der Waals surface area contributed by atoms with Gasteiger partial charge in [-0.3, -0.25) is 4.79 Å². The molecule has 0 aliphatic rings. The van der Waals surface area contributed by atoms with Crippen molar-refractivity contribution >= 4 is 52.0 Å². The number of rotatable bonds is 5. The molecule has 0 aliphatic carbocycles. The van der Waals surface area contributed by atoms with Crippen LogP contribution in [-0.4, -0.2) is 10.9 Å². The molecule has 1 N–H and O–H groups in total. The molecular weight excluding hydrogens is 471 g/mol. The maximum atomic E-state index is 12.4. The van der Waals surface area contributed by atoms with Crippen LogP contribution in [0.1, 0.15) is 11.3 Å². The van der Waals surface area contributed by atoms with E-state index in [0.717, 1.165) is 22.2 Å². The Morgan fingerprint density at radius 1 is 0.971 bits per heavy atom. The van der Waals surface area contributed by atoms with E-state index in [1.165, 1.54) is 6.08 Å². The standard InChI is InChI=1S/C27H18Cl2N2O3/c1-16-5-12-22-24(15-16)34-27(31-22)17-6-8-18(9-7-17)30-25(32)14-11-19-10-13-23(33-19)20-3-2-4-21(28)26(20)29/h2-15H,1H3,(H,30,32). The minimum Gasteiger partial charge on any atom is -0.457 e. The predicted molar refractivity (Wildman–Crippen MR) is 136 cm³/mol. The van der Waals surface area contributed by atoms with Gasteiger partial charge in [0.1, 0.15) is 17.0 Å². The molecule has 1 amide bonds. The predicted octanol–water partition coefficient (Wildman–Crippen LogP) is 8.02. The van der Waals surface area contributed by atoms with E-state index in [2.05, 4.69) is 10.3 Å². The van der Waals surface area contributed by atoms with E-state index in [4.69, 9.17) is 32.0 Å². The third-order valence-corrected chi connectivity index (χ3v) is 6.01. The second-order valence-electron chi connectivity index (χ2n) is 7.69. The largest absolute Gasteiger partial charge is 0.457 e. The van der Waals surface area contributed by atoms with E-state index in [-0.39, 0.29) is 5.91 Å². The summed E-state index contributed by atoms with van der Waals surface area (Å²) in [6, 6.07) is 22.1. The molecule has 5 nitrogen and oxygen atoms in total. The highest BCUT2D eigenvalue weighted by Crippen LogP contribution is 2.34. The van der Waals surface area contributed by atoms with Gasteiger partial charge in [-0.2, -0.15) is 0 Å². The van der Waals surface area contributed by atoms with Crippen molar-refractivity contribution in [3.63, 3.8) is 0 Å². The number of amides is 1. The highest BCUT2D eigenvalue weighted by atomic mass is 35.5. The number of anilines is 1. The second-order valence-corrected chi connectivity index (χ2v) is 8.48. The van der Waals surface area contributed by atoms with E-state index in [9.17, 15) is 4.79 Å². The van der Waals surface area contributed by atoms with Gasteiger partial charge in [-0.1, -0.05) is 35.3 Å². The number of benzene rings is 3. The van der Waals surface area contributed by atoms with Gasteiger partial charge in [0.05, 0.1) is 10.0 Å². The number of carbonyl (C=O) groups excluding carboxylic acids is 1. The number of nitrogens with one attached hydrogen (secondary N) is 1. The van der Waals surface area contributed by atoms with Crippen LogP contribution in [0.5, 0.6) is 0 Å². The number of aryl methyl sites for hydroxylation is 1. The number of nitrogens with zero attached hydrogens (tertiary/aromatic N) is 1. The lowest BCUT2D eigenvalue weighted by Crippen LogP contribution is -2.07. The molecule has 0 saturated carbocycles. The Balaban J connectivity index is 1.25. The van der Waals surface area contributed by atoms with Gasteiger partial charge in [0.15, 0.2) is 5.58 Å². The van der Waals surface area contributed by atoms with Crippen LogP contribution < -0.4 is 5.32 Å². The molecule has 0 radical (unpaired) electrons. The topological polar surface area (TPSA) is 68.3 Å². The Morgan fingerprint density at radius 2 is 1.79 bits per heavy atom. The summed E-state index contributed by atoms with van der Waals surface area (Å²) >= 11 is 12.3. The number of halogens is 2. The Labute approximate surface area is 205 Å². The van der Waals surface area contributed by atoms with Crippen LogP contribution in [0.15, 0.2) is 87.7 Å². The van der Waals surface area contributed by atoms with E-state index in [0.29, 0.717) is 38.7 Å². The fraction of sp³-hybridized carbons (Fsp3) is 0.0370. The summed E-state index contributed by atoms with van der Waals surface area (Å²) in [5, 5.41) is 3.69. The van der Waals surface area contributed by atoms with Crippen molar-refractivity contribution in [1.29, 1.82) is 0 Å². The van der Waals surface area contributed by atoms with E-state index in [1.807, 2.05) is 43.3 Å². The van der Waals surface area contributed by atoms with Crippen molar-refractivity contribution in [1.82, 2.24) is 4.98 Å². The molecule has 0 saturated heterocycles. The van der Waals surface area contributed by atoms with Crippen molar-refractivity contribution in [3.8, 4) is 22.8 Å². The van der Waals surface area contributed by atoms with Gasteiger partial charge in [-0.05, 0) is 79.2 Å². The number of furan rings is 1. The highest BCUT2D eigenvalue weighted by Gasteiger charge is 2.11. The Morgan fingerprint density at radius 3 is 2.62 bits per heavy atom. The molecule has 2 aromatic heterocycles.